The third-order valence-electron chi connectivity index (χ3n) is 7.75. The van der Waals surface area contributed by atoms with Crippen molar-refractivity contribution in [3.63, 3.8) is 0 Å². The third kappa shape index (κ3) is 3.69. The molecule has 2 heterocycles. The van der Waals surface area contributed by atoms with E-state index in [9.17, 15) is 0 Å². The maximum absolute atomic E-state index is 5.02. The van der Waals surface area contributed by atoms with E-state index in [1.165, 1.54) is 41.7 Å². The van der Waals surface area contributed by atoms with E-state index >= 15 is 0 Å². The number of hydrogen-bond acceptors (Lipinski definition) is 3. The molecule has 0 aliphatic rings. The van der Waals surface area contributed by atoms with Gasteiger partial charge >= 0.3 is 0 Å². The number of thiophene rings is 1. The molecule has 40 heavy (non-hydrogen) atoms. The highest BCUT2D eigenvalue weighted by Gasteiger charge is 2.16. The molecule has 0 aliphatic carbocycles. The van der Waals surface area contributed by atoms with E-state index < -0.39 is 0 Å². The summed E-state index contributed by atoms with van der Waals surface area (Å²) in [5, 5.41) is 7.66. The molecule has 4 heteroatoms. The first-order chi connectivity index (χ1) is 19.7. The van der Waals surface area contributed by atoms with E-state index in [4.69, 9.17) is 4.99 Å². The number of aromatic nitrogens is 1. The lowest BCUT2D eigenvalue weighted by Gasteiger charge is -2.14. The van der Waals surface area contributed by atoms with Gasteiger partial charge in [-0.15, -0.1) is 11.3 Å². The molecule has 190 valence electrons. The lowest BCUT2D eigenvalue weighted by Crippen LogP contribution is -2.08. The molecule has 3 nitrogen and oxygen atoms in total. The van der Waals surface area contributed by atoms with Gasteiger partial charge in [0.05, 0.1) is 22.4 Å². The minimum Gasteiger partial charge on any atom is -0.292 e. The summed E-state index contributed by atoms with van der Waals surface area (Å²) in [6.45, 7) is 2.06. The van der Waals surface area contributed by atoms with Crippen molar-refractivity contribution in [2.75, 3.05) is 5.43 Å². The Hall–Kier alpha value is -4.93. The Bertz CT molecular complexity index is 2250. The lowest BCUT2D eigenvalue weighted by atomic mass is 10.0. The molecule has 0 spiro atoms. The molecule has 8 aromatic rings. The van der Waals surface area contributed by atoms with Crippen LogP contribution in [0.3, 0.4) is 0 Å². The quantitative estimate of drug-likeness (QED) is 0.225. The van der Waals surface area contributed by atoms with Crippen LogP contribution in [-0.4, -0.2) is 10.4 Å². The zero-order valence-electron chi connectivity index (χ0n) is 21.9. The molecular weight excluding hydrogens is 506 g/mol. The van der Waals surface area contributed by atoms with Gasteiger partial charge in [0.2, 0.25) is 0 Å². The van der Waals surface area contributed by atoms with Gasteiger partial charge in [-0.3, -0.25) is 15.1 Å². The molecule has 0 radical (unpaired) electrons. The summed E-state index contributed by atoms with van der Waals surface area (Å²) in [6, 6.07) is 45.2. The molecule has 0 atom stereocenters. The minimum atomic E-state index is 0.907. The highest BCUT2D eigenvalue weighted by atomic mass is 32.1. The fraction of sp³-hybridized carbons (Fsp3) is 0.0278. The summed E-state index contributed by atoms with van der Waals surface area (Å²) in [5.41, 5.74) is 10.0. The van der Waals surface area contributed by atoms with Crippen LogP contribution in [0.15, 0.2) is 132 Å². The standard InChI is InChI=1S/C36H25N3S/c1-23(24-11-3-2-4-12-24)37-31-16-8-9-17-32(31)38-39-33-18-10-7-15-27(33)28-21-30-29-19-25-13-5-6-14-26(25)20-35(29)40-36(30)22-34(28)39/h2-22,38H,1H3. The van der Waals surface area contributed by atoms with Crippen LogP contribution in [0.4, 0.5) is 11.4 Å². The smallest absolute Gasteiger partial charge is 0.0882 e. The Morgan fingerprint density at radius 1 is 0.600 bits per heavy atom. The van der Waals surface area contributed by atoms with Gasteiger partial charge in [-0.05, 0) is 65.7 Å². The molecule has 0 fully saturated rings. The number of anilines is 1. The molecule has 8 rings (SSSR count). The third-order valence-corrected chi connectivity index (χ3v) is 8.86. The average molecular weight is 532 g/mol. The molecule has 6 aromatic carbocycles. The first-order valence-electron chi connectivity index (χ1n) is 13.5. The number of para-hydroxylation sites is 3. The van der Waals surface area contributed by atoms with Gasteiger partial charge in [0.15, 0.2) is 0 Å². The van der Waals surface area contributed by atoms with Crippen molar-refractivity contribution in [2.24, 2.45) is 4.99 Å². The van der Waals surface area contributed by atoms with E-state index in [1.54, 1.807) is 0 Å². The van der Waals surface area contributed by atoms with E-state index in [2.05, 4.69) is 120 Å². The second-order valence-electron chi connectivity index (χ2n) is 10.2. The minimum absolute atomic E-state index is 0.907. The van der Waals surface area contributed by atoms with Crippen LogP contribution >= 0.6 is 11.3 Å². The second kappa shape index (κ2) is 9.08. The normalized spacial score (nSPS) is 12.3. The van der Waals surface area contributed by atoms with Crippen LogP contribution in [0.5, 0.6) is 0 Å². The Kier molecular flexibility index (Phi) is 5.22. The Morgan fingerprint density at radius 3 is 2.15 bits per heavy atom. The van der Waals surface area contributed by atoms with Gasteiger partial charge in [-0.25, -0.2) is 0 Å². The molecule has 0 bridgehead atoms. The largest absolute Gasteiger partial charge is 0.292 e. The number of nitrogens with zero attached hydrogens (tertiary/aromatic N) is 2. The number of aliphatic imine (C=N–C) groups is 1. The topological polar surface area (TPSA) is 29.3 Å². The lowest BCUT2D eigenvalue weighted by molar-refractivity contribution is 1.06. The van der Waals surface area contributed by atoms with Crippen molar-refractivity contribution < 1.29 is 0 Å². The molecule has 0 amide bonds. The van der Waals surface area contributed by atoms with Gasteiger partial charge in [0.1, 0.15) is 0 Å². The predicted molar refractivity (Wildman–Crippen MR) is 174 cm³/mol. The fourth-order valence-electron chi connectivity index (χ4n) is 5.75. The van der Waals surface area contributed by atoms with E-state index in [0.717, 1.165) is 33.7 Å². The van der Waals surface area contributed by atoms with E-state index in [1.807, 2.05) is 35.6 Å². The molecule has 1 N–H and O–H groups in total. The monoisotopic (exact) mass is 531 g/mol. The molecule has 0 saturated heterocycles. The van der Waals surface area contributed by atoms with Gasteiger partial charge in [0.25, 0.3) is 0 Å². The van der Waals surface area contributed by atoms with Crippen molar-refractivity contribution in [1.82, 2.24) is 4.68 Å². The number of hydrogen-bond donors (Lipinski definition) is 1. The maximum Gasteiger partial charge on any atom is 0.0882 e. The predicted octanol–water partition coefficient (Wildman–Crippen LogP) is 10.3. The van der Waals surface area contributed by atoms with Crippen molar-refractivity contribution in [3.8, 4) is 0 Å². The van der Waals surface area contributed by atoms with Crippen LogP contribution in [0.2, 0.25) is 0 Å². The Balaban J connectivity index is 1.32. The van der Waals surface area contributed by atoms with E-state index in [0.29, 0.717) is 0 Å². The zero-order valence-corrected chi connectivity index (χ0v) is 22.7. The summed E-state index contributed by atoms with van der Waals surface area (Å²) in [5.74, 6) is 0. The second-order valence-corrected chi connectivity index (χ2v) is 11.3. The van der Waals surface area contributed by atoms with Crippen LogP contribution in [-0.2, 0) is 0 Å². The van der Waals surface area contributed by atoms with Gasteiger partial charge in [-0.2, -0.15) is 0 Å². The molecule has 0 saturated carbocycles. The van der Waals surface area contributed by atoms with Gasteiger partial charge < -0.3 is 0 Å². The Labute approximate surface area is 235 Å². The van der Waals surface area contributed by atoms with Gasteiger partial charge in [0, 0.05) is 36.7 Å². The number of rotatable bonds is 4. The first kappa shape index (κ1) is 23.0. The molecule has 0 unspecified atom stereocenters. The summed E-state index contributed by atoms with van der Waals surface area (Å²) in [7, 11) is 0. The van der Waals surface area contributed by atoms with Crippen LogP contribution < -0.4 is 5.43 Å². The van der Waals surface area contributed by atoms with Crippen molar-refractivity contribution in [2.45, 2.75) is 6.92 Å². The van der Waals surface area contributed by atoms with Crippen LogP contribution in [0.1, 0.15) is 12.5 Å². The van der Waals surface area contributed by atoms with Crippen molar-refractivity contribution >= 4 is 81.2 Å². The van der Waals surface area contributed by atoms with E-state index in [-0.39, 0.29) is 0 Å². The van der Waals surface area contributed by atoms with Crippen molar-refractivity contribution in [3.05, 3.63) is 133 Å². The summed E-state index contributed by atoms with van der Waals surface area (Å²) in [4.78, 5) is 5.02. The molecule has 2 aromatic heterocycles. The molecule has 0 aliphatic heterocycles. The first-order valence-corrected chi connectivity index (χ1v) is 14.3. The Morgan fingerprint density at radius 2 is 1.27 bits per heavy atom. The molecular formula is C36H25N3S. The number of benzene rings is 6. The maximum atomic E-state index is 5.02. The average Bonchev–Trinajstić information content (AvgIpc) is 3.50. The summed E-state index contributed by atoms with van der Waals surface area (Å²) in [6.07, 6.45) is 0. The summed E-state index contributed by atoms with van der Waals surface area (Å²) < 4.78 is 4.83. The SMILES string of the molecule is CC(=Nc1ccccc1Nn1c2ccccc2c2cc3c(cc21)sc1cc2ccccc2cc13)c1ccccc1. The summed E-state index contributed by atoms with van der Waals surface area (Å²) >= 11 is 1.86. The number of nitrogens with one attached hydrogen (secondary N) is 1. The van der Waals surface area contributed by atoms with Gasteiger partial charge in [-0.1, -0.05) is 84.9 Å². The van der Waals surface area contributed by atoms with Crippen molar-refractivity contribution in [1.29, 1.82) is 0 Å². The fourth-order valence-corrected chi connectivity index (χ4v) is 6.91. The highest BCUT2D eigenvalue weighted by Crippen LogP contribution is 2.41. The highest BCUT2D eigenvalue weighted by molar-refractivity contribution is 7.26. The number of fused-ring (bicyclic) bond motifs is 7. The zero-order chi connectivity index (χ0) is 26.6. The van der Waals surface area contributed by atoms with Crippen LogP contribution in [0.25, 0.3) is 52.8 Å². The van der Waals surface area contributed by atoms with Crippen LogP contribution in [0, 0.1) is 0 Å².